The van der Waals surface area contributed by atoms with Gasteiger partial charge < -0.3 is 9.88 Å². The number of pyridine rings is 4. The molecule has 0 aliphatic heterocycles. The lowest BCUT2D eigenvalue weighted by Gasteiger charge is -2.26. The van der Waals surface area contributed by atoms with E-state index in [1.807, 2.05) is 49.9 Å². The number of unbranched alkanes of at least 4 members (excludes halogenated alkanes) is 8. The van der Waals surface area contributed by atoms with E-state index in [0.717, 1.165) is 108 Å². The molecule has 0 saturated heterocycles. The van der Waals surface area contributed by atoms with E-state index < -0.39 is 0 Å². The van der Waals surface area contributed by atoms with Crippen LogP contribution in [0.25, 0.3) is 11.5 Å². The zero-order chi connectivity index (χ0) is 40.8. The number of carbonyl (C=O) groups is 1. The Balaban J connectivity index is 0.970. The van der Waals surface area contributed by atoms with Crippen LogP contribution >= 0.6 is 0 Å². The van der Waals surface area contributed by atoms with Gasteiger partial charge >= 0.3 is 0 Å². The number of aryl methyl sites for hydroxylation is 4. The molecular formula is C50H71N7O+2. The minimum atomic E-state index is 0.181. The number of imidazole rings is 1. The van der Waals surface area contributed by atoms with Gasteiger partial charge in [-0.2, -0.15) is 0 Å². The number of amides is 1. The lowest BCUT2D eigenvalue weighted by Crippen LogP contribution is -2.32. The molecule has 0 saturated carbocycles. The lowest BCUT2D eigenvalue weighted by molar-refractivity contribution is -0.697. The molecule has 0 aliphatic rings. The number of carbonyl (C=O) groups excluding carboxylic acids is 1. The second-order valence-electron chi connectivity index (χ2n) is 16.4. The highest BCUT2D eigenvalue weighted by Crippen LogP contribution is 2.38. The molecule has 0 spiro atoms. The van der Waals surface area contributed by atoms with Gasteiger partial charge in [0.2, 0.25) is 5.91 Å². The minimum absolute atomic E-state index is 0.181. The summed E-state index contributed by atoms with van der Waals surface area (Å²) in [7, 11) is 0. The van der Waals surface area contributed by atoms with Crippen LogP contribution in [0.1, 0.15) is 157 Å². The first kappa shape index (κ1) is 44.4. The molecule has 5 rings (SSSR count). The Morgan fingerprint density at radius 3 is 2.05 bits per heavy atom. The predicted octanol–water partition coefficient (Wildman–Crippen LogP) is 10.6. The van der Waals surface area contributed by atoms with Crippen LogP contribution in [0.5, 0.6) is 0 Å². The monoisotopic (exact) mass is 786 g/mol. The Kier molecular flexibility index (Phi) is 19.1. The van der Waals surface area contributed by atoms with E-state index in [2.05, 4.69) is 116 Å². The van der Waals surface area contributed by atoms with Gasteiger partial charge in [-0.15, -0.1) is 0 Å². The van der Waals surface area contributed by atoms with E-state index in [-0.39, 0.29) is 5.91 Å². The fourth-order valence-electron chi connectivity index (χ4n) is 8.23. The maximum absolute atomic E-state index is 12.5. The first-order valence-electron chi connectivity index (χ1n) is 22.5. The molecule has 1 N–H and O–H groups in total. The van der Waals surface area contributed by atoms with Gasteiger partial charge in [-0.3, -0.25) is 9.78 Å². The summed E-state index contributed by atoms with van der Waals surface area (Å²) in [4.78, 5) is 26.0. The maximum Gasteiger partial charge on any atom is 0.219 e. The molecule has 5 heterocycles. The molecule has 8 heteroatoms. The van der Waals surface area contributed by atoms with Crippen molar-refractivity contribution in [1.82, 2.24) is 24.8 Å². The quantitative estimate of drug-likeness (QED) is 0.0425. The maximum atomic E-state index is 12.5. The first-order valence-corrected chi connectivity index (χ1v) is 22.5. The van der Waals surface area contributed by atoms with Crippen molar-refractivity contribution in [2.45, 2.75) is 161 Å². The standard InChI is InChI=1S/C50H70N7O/c1-5-7-8-14-31-55-34-23-44(24-35-55)41(3)39-47(45-21-28-51-29-22-45)40-43(6-2)46-25-36-56(37-26-46)32-15-11-12-20-49(58)52-27-13-9-10-16-33-57-38-30-53-50(57)48-19-17-18-42(4)54-48/h17-19,21-26,28-30,34-38,41,43,47H,5-16,20,27,31-33,39-40H2,1-4H3/q+1/p+1. The van der Waals surface area contributed by atoms with Crippen LogP contribution in [0.3, 0.4) is 0 Å². The van der Waals surface area contributed by atoms with Crippen molar-refractivity contribution in [2.24, 2.45) is 0 Å². The molecule has 58 heavy (non-hydrogen) atoms. The topological polar surface area (TPSA) is 80.5 Å². The number of rotatable bonds is 27. The Morgan fingerprint density at radius 1 is 0.707 bits per heavy atom. The van der Waals surface area contributed by atoms with Crippen LogP contribution in [0.4, 0.5) is 0 Å². The Morgan fingerprint density at radius 2 is 1.36 bits per heavy atom. The number of nitrogens with zero attached hydrogens (tertiary/aromatic N) is 6. The molecule has 0 radical (unpaired) electrons. The summed E-state index contributed by atoms with van der Waals surface area (Å²) in [6.07, 6.45) is 33.4. The molecule has 3 atom stereocenters. The molecule has 1 amide bonds. The average Bonchev–Trinajstić information content (AvgIpc) is 3.73. The van der Waals surface area contributed by atoms with Crippen LogP contribution in [0.15, 0.2) is 104 Å². The van der Waals surface area contributed by atoms with E-state index in [4.69, 9.17) is 0 Å². The molecule has 5 aromatic rings. The lowest BCUT2D eigenvalue weighted by atomic mass is 9.79. The van der Waals surface area contributed by atoms with Crippen molar-refractivity contribution in [3.63, 3.8) is 0 Å². The van der Waals surface area contributed by atoms with Gasteiger partial charge in [0.05, 0.1) is 0 Å². The van der Waals surface area contributed by atoms with Gasteiger partial charge in [-0.05, 0) is 117 Å². The van der Waals surface area contributed by atoms with Crippen LogP contribution in [0, 0.1) is 6.92 Å². The molecule has 0 aromatic carbocycles. The second-order valence-corrected chi connectivity index (χ2v) is 16.4. The number of nitrogens with one attached hydrogen (secondary N) is 1. The van der Waals surface area contributed by atoms with Crippen molar-refractivity contribution in [1.29, 1.82) is 0 Å². The van der Waals surface area contributed by atoms with Crippen molar-refractivity contribution < 1.29 is 13.9 Å². The molecule has 310 valence electrons. The number of hydrogen-bond donors (Lipinski definition) is 1. The normalized spacial score (nSPS) is 13.0. The summed E-state index contributed by atoms with van der Waals surface area (Å²) in [5.41, 5.74) is 6.17. The average molecular weight is 786 g/mol. The van der Waals surface area contributed by atoms with Crippen LogP contribution in [0.2, 0.25) is 0 Å². The van der Waals surface area contributed by atoms with Gasteiger partial charge in [0.15, 0.2) is 30.6 Å². The van der Waals surface area contributed by atoms with Gasteiger partial charge in [-0.25, -0.2) is 19.1 Å². The first-order chi connectivity index (χ1) is 28.4. The van der Waals surface area contributed by atoms with E-state index in [9.17, 15) is 4.79 Å². The van der Waals surface area contributed by atoms with Crippen molar-refractivity contribution in [2.75, 3.05) is 6.54 Å². The fraction of sp³-hybridized carbons (Fsp3) is 0.520. The highest BCUT2D eigenvalue weighted by molar-refractivity contribution is 5.75. The Hall–Kier alpha value is -4.72. The van der Waals surface area contributed by atoms with Crippen LogP contribution < -0.4 is 14.5 Å². The van der Waals surface area contributed by atoms with Crippen LogP contribution in [-0.4, -0.2) is 32.0 Å². The highest BCUT2D eigenvalue weighted by atomic mass is 16.1. The fourth-order valence-corrected chi connectivity index (χ4v) is 8.23. The highest BCUT2D eigenvalue weighted by Gasteiger charge is 2.23. The summed E-state index contributed by atoms with van der Waals surface area (Å²) >= 11 is 0. The molecule has 0 fully saturated rings. The molecular weight excluding hydrogens is 715 g/mol. The van der Waals surface area contributed by atoms with Gasteiger partial charge in [-0.1, -0.05) is 52.5 Å². The molecule has 8 nitrogen and oxygen atoms in total. The third-order valence-electron chi connectivity index (χ3n) is 11.8. The van der Waals surface area contributed by atoms with Gasteiger partial charge in [0.25, 0.3) is 0 Å². The van der Waals surface area contributed by atoms with E-state index in [1.165, 1.54) is 42.4 Å². The summed E-state index contributed by atoms with van der Waals surface area (Å²) in [6.45, 7) is 12.8. The third-order valence-corrected chi connectivity index (χ3v) is 11.8. The van der Waals surface area contributed by atoms with Crippen LogP contribution in [-0.2, 0) is 24.4 Å². The van der Waals surface area contributed by atoms with Gasteiger partial charge in [0.1, 0.15) is 18.8 Å². The molecule has 5 aromatic heterocycles. The summed E-state index contributed by atoms with van der Waals surface area (Å²) in [5.74, 6) is 2.54. The van der Waals surface area contributed by atoms with E-state index in [1.54, 1.807) is 0 Å². The zero-order valence-electron chi connectivity index (χ0n) is 36.1. The smallest absolute Gasteiger partial charge is 0.219 e. The predicted molar refractivity (Wildman–Crippen MR) is 235 cm³/mol. The van der Waals surface area contributed by atoms with Crippen molar-refractivity contribution >= 4 is 5.91 Å². The summed E-state index contributed by atoms with van der Waals surface area (Å²) in [6, 6.07) is 19.8. The SMILES string of the molecule is CCCCCC[n+]1ccc(C(C)CC(CC(CC)c2cc[n+](CCCCCC(=O)NCCCCCCn3ccnc3-c3cccc(C)n3)cc2)c2ccncc2)cc1. The zero-order valence-corrected chi connectivity index (χ0v) is 36.1. The second kappa shape index (κ2) is 24.9. The van der Waals surface area contributed by atoms with Gasteiger partial charge in [0, 0.05) is 87.1 Å². The Labute approximate surface area is 349 Å². The van der Waals surface area contributed by atoms with E-state index in [0.29, 0.717) is 24.2 Å². The Bertz CT molecular complexity index is 1870. The minimum Gasteiger partial charge on any atom is -0.356 e. The largest absolute Gasteiger partial charge is 0.356 e. The summed E-state index contributed by atoms with van der Waals surface area (Å²) in [5, 5.41) is 3.14. The van der Waals surface area contributed by atoms with Crippen molar-refractivity contribution in [3.05, 3.63) is 127 Å². The summed E-state index contributed by atoms with van der Waals surface area (Å²) < 4.78 is 6.84. The number of aromatic nitrogens is 6. The van der Waals surface area contributed by atoms with E-state index >= 15 is 0 Å². The van der Waals surface area contributed by atoms with Crippen molar-refractivity contribution in [3.8, 4) is 11.5 Å². The molecule has 0 bridgehead atoms. The molecule has 3 unspecified atom stereocenters. The third kappa shape index (κ3) is 14.9. The molecule has 0 aliphatic carbocycles. The number of hydrogen-bond acceptors (Lipinski definition) is 4.